The van der Waals surface area contributed by atoms with Crippen LogP contribution in [0.15, 0.2) is 22.8 Å². The van der Waals surface area contributed by atoms with Gasteiger partial charge in [0.25, 0.3) is 0 Å². The Hall–Kier alpha value is -2.39. The van der Waals surface area contributed by atoms with E-state index in [1.54, 1.807) is 20.1 Å². The number of nitrogens with one attached hydrogen (secondary N) is 2. The monoisotopic (exact) mass is 518 g/mol. The van der Waals surface area contributed by atoms with Crippen LogP contribution in [0.4, 0.5) is 0 Å². The topological polar surface area (TPSA) is 116 Å². The molecular weight excluding hydrogens is 476 g/mol. The number of hydrogen-bond acceptors (Lipinski definition) is 7. The summed E-state index contributed by atoms with van der Waals surface area (Å²) in [6, 6.07) is 3.55. The normalized spacial score (nSPS) is 27.9. The molecule has 206 valence electrons. The predicted molar refractivity (Wildman–Crippen MR) is 135 cm³/mol. The molecule has 2 amide bonds. The van der Waals surface area contributed by atoms with Crippen molar-refractivity contribution in [2.45, 2.75) is 110 Å². The van der Waals surface area contributed by atoms with Crippen molar-refractivity contribution < 1.29 is 33.0 Å². The van der Waals surface area contributed by atoms with E-state index in [4.69, 9.17) is 18.6 Å². The Morgan fingerprint density at radius 1 is 1.08 bits per heavy atom. The molecule has 2 aliphatic carbocycles. The van der Waals surface area contributed by atoms with Crippen molar-refractivity contribution in [2.24, 2.45) is 10.8 Å². The Morgan fingerprint density at radius 2 is 1.84 bits per heavy atom. The van der Waals surface area contributed by atoms with E-state index in [1.807, 2.05) is 26.0 Å². The molecule has 1 aliphatic heterocycles. The fraction of sp³-hybridized carbons (Fsp3) is 0.750. The third-order valence-electron chi connectivity index (χ3n) is 7.96. The molecule has 2 saturated carbocycles. The summed E-state index contributed by atoms with van der Waals surface area (Å²) in [7, 11) is 0. The van der Waals surface area contributed by atoms with Crippen LogP contribution in [0, 0.1) is 10.8 Å². The summed E-state index contributed by atoms with van der Waals surface area (Å²) in [5.74, 6) is -0.640. The maximum absolute atomic E-state index is 13.3. The molecule has 1 aromatic rings. The van der Waals surface area contributed by atoms with Crippen molar-refractivity contribution in [2.75, 3.05) is 13.2 Å². The molecule has 2 heterocycles. The zero-order valence-corrected chi connectivity index (χ0v) is 22.6. The highest BCUT2D eigenvalue weighted by atomic mass is 16.7. The van der Waals surface area contributed by atoms with Gasteiger partial charge < -0.3 is 29.3 Å². The van der Waals surface area contributed by atoms with Crippen LogP contribution in [-0.2, 0) is 35.0 Å². The van der Waals surface area contributed by atoms with Gasteiger partial charge in [0, 0.05) is 18.4 Å². The Labute approximate surface area is 219 Å². The van der Waals surface area contributed by atoms with E-state index < -0.39 is 22.7 Å². The number of furan rings is 1. The fourth-order valence-electron chi connectivity index (χ4n) is 5.49. The van der Waals surface area contributed by atoms with Crippen LogP contribution in [0.3, 0.4) is 0 Å². The Kier molecular flexibility index (Phi) is 8.33. The summed E-state index contributed by atoms with van der Waals surface area (Å²) < 4.78 is 22.8. The van der Waals surface area contributed by atoms with Gasteiger partial charge in [-0.25, -0.2) is 0 Å². The molecule has 3 aliphatic rings. The SMILES string of the molecule is CC1(C)OCC(C)(C)C(C(=O)NCCC(=O)OC2CCCCC2NC(=O)C2(Cc3ccco3)CCC2)O1. The summed E-state index contributed by atoms with van der Waals surface area (Å²) in [4.78, 5) is 38.8. The molecule has 9 nitrogen and oxygen atoms in total. The minimum atomic E-state index is -0.840. The first-order valence-electron chi connectivity index (χ1n) is 13.6. The highest BCUT2D eigenvalue weighted by Gasteiger charge is 2.47. The van der Waals surface area contributed by atoms with Gasteiger partial charge in [-0.3, -0.25) is 14.4 Å². The van der Waals surface area contributed by atoms with Crippen LogP contribution in [0.25, 0.3) is 0 Å². The highest BCUT2D eigenvalue weighted by molar-refractivity contribution is 5.84. The van der Waals surface area contributed by atoms with Crippen LogP contribution in [0.5, 0.6) is 0 Å². The smallest absolute Gasteiger partial charge is 0.307 e. The van der Waals surface area contributed by atoms with Gasteiger partial charge in [-0.15, -0.1) is 0 Å². The summed E-state index contributed by atoms with van der Waals surface area (Å²) in [6.07, 6.45) is 7.37. The van der Waals surface area contributed by atoms with Crippen molar-refractivity contribution in [1.29, 1.82) is 0 Å². The first-order valence-corrected chi connectivity index (χ1v) is 13.6. The molecule has 1 saturated heterocycles. The summed E-state index contributed by atoms with van der Waals surface area (Å²) in [6.45, 7) is 7.95. The number of carbonyl (C=O) groups excluding carboxylic acids is 3. The quantitative estimate of drug-likeness (QED) is 0.480. The standard InChI is InChI=1S/C28H42N2O7/c1-26(2)18-35-27(3,4)37-23(26)24(32)29-15-12-22(31)36-21-11-6-5-10-20(21)30-25(33)28(13-8-14-28)17-19-9-7-16-34-19/h7,9,16,20-21,23H,5-6,8,10-15,17-18H2,1-4H3,(H,29,32)(H,30,33). The number of carbonyl (C=O) groups is 3. The summed E-state index contributed by atoms with van der Waals surface area (Å²) in [5.41, 5.74) is -0.926. The second-order valence-electron chi connectivity index (χ2n) is 12.0. The molecule has 0 aromatic carbocycles. The van der Waals surface area contributed by atoms with E-state index in [2.05, 4.69) is 10.6 Å². The average molecular weight is 519 g/mol. The maximum atomic E-state index is 13.3. The molecule has 3 unspecified atom stereocenters. The van der Waals surface area contributed by atoms with E-state index in [9.17, 15) is 14.4 Å². The molecule has 3 atom stereocenters. The number of ether oxygens (including phenoxy) is 3. The van der Waals surface area contributed by atoms with Crippen molar-refractivity contribution in [1.82, 2.24) is 10.6 Å². The van der Waals surface area contributed by atoms with Crippen molar-refractivity contribution >= 4 is 17.8 Å². The van der Waals surface area contributed by atoms with Gasteiger partial charge in [0.15, 0.2) is 5.79 Å². The van der Waals surface area contributed by atoms with Gasteiger partial charge in [0.1, 0.15) is 18.0 Å². The molecule has 3 fully saturated rings. The van der Waals surface area contributed by atoms with Gasteiger partial charge >= 0.3 is 5.97 Å². The lowest BCUT2D eigenvalue weighted by molar-refractivity contribution is -0.304. The van der Waals surface area contributed by atoms with E-state index in [-0.39, 0.29) is 42.9 Å². The van der Waals surface area contributed by atoms with Gasteiger partial charge in [-0.1, -0.05) is 26.7 Å². The zero-order chi connectivity index (χ0) is 26.7. The van der Waals surface area contributed by atoms with E-state index in [0.717, 1.165) is 44.3 Å². The summed E-state index contributed by atoms with van der Waals surface area (Å²) >= 11 is 0. The molecule has 9 heteroatoms. The van der Waals surface area contributed by atoms with Crippen LogP contribution in [0.2, 0.25) is 0 Å². The number of hydrogen-bond donors (Lipinski definition) is 2. The predicted octanol–water partition coefficient (Wildman–Crippen LogP) is 3.65. The zero-order valence-electron chi connectivity index (χ0n) is 22.6. The lowest BCUT2D eigenvalue weighted by Crippen LogP contribution is -2.56. The lowest BCUT2D eigenvalue weighted by Gasteiger charge is -2.44. The van der Waals surface area contributed by atoms with Gasteiger partial charge in [-0.2, -0.15) is 0 Å². The van der Waals surface area contributed by atoms with E-state index >= 15 is 0 Å². The molecule has 0 radical (unpaired) electrons. The fourth-order valence-corrected chi connectivity index (χ4v) is 5.49. The minimum absolute atomic E-state index is 0.0253. The first kappa shape index (κ1) is 27.6. The highest BCUT2D eigenvalue weighted by Crippen LogP contribution is 2.44. The van der Waals surface area contributed by atoms with Crippen LogP contribution in [-0.4, -0.2) is 55.0 Å². The average Bonchev–Trinajstić information content (AvgIpc) is 3.32. The molecule has 0 spiro atoms. The molecule has 37 heavy (non-hydrogen) atoms. The molecule has 0 bridgehead atoms. The first-order chi connectivity index (χ1) is 17.5. The van der Waals surface area contributed by atoms with E-state index in [1.165, 1.54) is 0 Å². The molecular formula is C28H42N2O7. The van der Waals surface area contributed by atoms with Gasteiger partial charge in [-0.05, 0) is 58.1 Å². The summed E-state index contributed by atoms with van der Waals surface area (Å²) in [5, 5.41) is 6.02. The second kappa shape index (κ2) is 11.2. The van der Waals surface area contributed by atoms with Crippen LogP contribution >= 0.6 is 0 Å². The number of esters is 1. The third kappa shape index (κ3) is 6.74. The Balaban J connectivity index is 1.26. The molecule has 1 aromatic heterocycles. The Bertz CT molecular complexity index is 952. The maximum Gasteiger partial charge on any atom is 0.307 e. The van der Waals surface area contributed by atoms with Crippen molar-refractivity contribution in [3.63, 3.8) is 0 Å². The molecule has 2 N–H and O–H groups in total. The molecule has 4 rings (SSSR count). The van der Waals surface area contributed by atoms with Gasteiger partial charge in [0.05, 0.1) is 30.7 Å². The minimum Gasteiger partial charge on any atom is -0.469 e. The van der Waals surface area contributed by atoms with Crippen LogP contribution < -0.4 is 10.6 Å². The van der Waals surface area contributed by atoms with Crippen LogP contribution in [0.1, 0.15) is 84.8 Å². The van der Waals surface area contributed by atoms with Crippen molar-refractivity contribution in [3.8, 4) is 0 Å². The largest absolute Gasteiger partial charge is 0.469 e. The van der Waals surface area contributed by atoms with Crippen molar-refractivity contribution in [3.05, 3.63) is 24.2 Å². The second-order valence-corrected chi connectivity index (χ2v) is 12.0. The Morgan fingerprint density at radius 3 is 2.51 bits per heavy atom. The third-order valence-corrected chi connectivity index (χ3v) is 7.96. The lowest BCUT2D eigenvalue weighted by atomic mass is 9.65. The number of rotatable bonds is 9. The van der Waals surface area contributed by atoms with Gasteiger partial charge in [0.2, 0.25) is 11.8 Å². The van der Waals surface area contributed by atoms with E-state index in [0.29, 0.717) is 19.4 Å². The number of amides is 2.